The number of thiophene rings is 1. The molecule has 0 aliphatic carbocycles. The Kier molecular flexibility index (Phi) is 4.57. The molecule has 0 bridgehead atoms. The van der Waals surface area contributed by atoms with Crippen molar-refractivity contribution in [3.05, 3.63) is 17.3 Å². The number of hydrogen-bond acceptors (Lipinski definition) is 6. The minimum Gasteiger partial charge on any atom is -0.466 e. The normalized spacial score (nSPS) is 16.2. The number of esters is 1. The summed E-state index contributed by atoms with van der Waals surface area (Å²) < 4.78 is 5.13. The SMILES string of the molecule is CCOC(=O)C1CCN(c2ncnc3sc(CC)cc23)CC1. The Bertz CT molecular complexity index is 662. The molecular weight excluding hydrogens is 298 g/mol. The highest BCUT2D eigenvalue weighted by molar-refractivity contribution is 7.18. The molecule has 0 unspecified atom stereocenters. The highest BCUT2D eigenvalue weighted by Gasteiger charge is 2.27. The molecule has 22 heavy (non-hydrogen) atoms. The predicted octanol–water partition coefficient (Wildman–Crippen LogP) is 3.03. The van der Waals surface area contributed by atoms with Crippen LogP contribution in [0.25, 0.3) is 10.2 Å². The lowest BCUT2D eigenvalue weighted by Crippen LogP contribution is -2.37. The Morgan fingerprint density at radius 2 is 2.14 bits per heavy atom. The standard InChI is InChI=1S/C16H21N3O2S/c1-3-12-9-13-14(17-10-18-15(13)22-12)19-7-5-11(6-8-19)16(20)21-4-2/h9-11H,3-8H2,1-2H3. The van der Waals surface area contributed by atoms with Crippen molar-refractivity contribution < 1.29 is 9.53 Å². The van der Waals surface area contributed by atoms with E-state index in [-0.39, 0.29) is 11.9 Å². The van der Waals surface area contributed by atoms with Gasteiger partial charge in [-0.25, -0.2) is 9.97 Å². The molecule has 6 heteroatoms. The van der Waals surface area contributed by atoms with Gasteiger partial charge in [0.25, 0.3) is 0 Å². The molecule has 0 N–H and O–H groups in total. The molecule has 1 aliphatic rings. The first-order valence-corrected chi connectivity index (χ1v) is 8.69. The first-order chi connectivity index (χ1) is 10.7. The Morgan fingerprint density at radius 3 is 2.82 bits per heavy atom. The van der Waals surface area contributed by atoms with Gasteiger partial charge >= 0.3 is 5.97 Å². The van der Waals surface area contributed by atoms with Gasteiger partial charge in [0.15, 0.2) is 0 Å². The fourth-order valence-corrected chi connectivity index (χ4v) is 3.84. The first-order valence-electron chi connectivity index (χ1n) is 7.88. The molecule has 2 aromatic rings. The monoisotopic (exact) mass is 319 g/mol. The van der Waals surface area contributed by atoms with Crippen molar-refractivity contribution in [3.63, 3.8) is 0 Å². The summed E-state index contributed by atoms with van der Waals surface area (Å²) >= 11 is 1.74. The Balaban J connectivity index is 1.76. The lowest BCUT2D eigenvalue weighted by molar-refractivity contribution is -0.148. The van der Waals surface area contributed by atoms with Crippen LogP contribution in [0.3, 0.4) is 0 Å². The largest absolute Gasteiger partial charge is 0.466 e. The lowest BCUT2D eigenvalue weighted by Gasteiger charge is -2.31. The zero-order valence-electron chi connectivity index (χ0n) is 13.0. The molecule has 0 aromatic carbocycles. The molecule has 3 heterocycles. The molecule has 5 nitrogen and oxygen atoms in total. The van der Waals surface area contributed by atoms with Gasteiger partial charge in [-0.05, 0) is 32.3 Å². The van der Waals surface area contributed by atoms with Gasteiger partial charge in [0.1, 0.15) is 17.0 Å². The highest BCUT2D eigenvalue weighted by Crippen LogP contribution is 2.32. The second-order valence-corrected chi connectivity index (χ2v) is 6.61. The maximum absolute atomic E-state index is 11.8. The van der Waals surface area contributed by atoms with Crippen LogP contribution in [0.4, 0.5) is 5.82 Å². The molecule has 0 amide bonds. The molecule has 0 saturated carbocycles. The number of aromatic nitrogens is 2. The Hall–Kier alpha value is -1.69. The van der Waals surface area contributed by atoms with Crippen LogP contribution in [0.2, 0.25) is 0 Å². The number of ether oxygens (including phenoxy) is 1. The smallest absolute Gasteiger partial charge is 0.309 e. The summed E-state index contributed by atoms with van der Waals surface area (Å²) in [6.07, 6.45) is 4.32. The van der Waals surface area contributed by atoms with Crippen molar-refractivity contribution in [2.75, 3.05) is 24.6 Å². The van der Waals surface area contributed by atoms with Crippen LogP contribution in [0, 0.1) is 5.92 Å². The fraction of sp³-hybridized carbons (Fsp3) is 0.562. The van der Waals surface area contributed by atoms with E-state index < -0.39 is 0 Å². The number of hydrogen-bond donors (Lipinski definition) is 0. The van der Waals surface area contributed by atoms with Crippen molar-refractivity contribution >= 4 is 33.3 Å². The van der Waals surface area contributed by atoms with Crippen LogP contribution in [0.5, 0.6) is 0 Å². The van der Waals surface area contributed by atoms with E-state index >= 15 is 0 Å². The third kappa shape index (κ3) is 2.92. The fourth-order valence-electron chi connectivity index (χ4n) is 2.91. The van der Waals surface area contributed by atoms with Crippen molar-refractivity contribution in [1.82, 2.24) is 9.97 Å². The number of carbonyl (C=O) groups excluding carboxylic acids is 1. The summed E-state index contributed by atoms with van der Waals surface area (Å²) in [6, 6.07) is 2.20. The van der Waals surface area contributed by atoms with E-state index in [4.69, 9.17) is 4.74 Å². The van der Waals surface area contributed by atoms with E-state index in [9.17, 15) is 4.79 Å². The Labute approximate surface area is 134 Å². The zero-order valence-corrected chi connectivity index (χ0v) is 13.9. The van der Waals surface area contributed by atoms with Crippen molar-refractivity contribution in [2.45, 2.75) is 33.1 Å². The number of carbonyl (C=O) groups is 1. The quantitative estimate of drug-likeness (QED) is 0.811. The number of piperidine rings is 1. The van der Waals surface area contributed by atoms with Gasteiger partial charge in [-0.15, -0.1) is 11.3 Å². The predicted molar refractivity (Wildman–Crippen MR) is 88.4 cm³/mol. The van der Waals surface area contributed by atoms with Crippen molar-refractivity contribution in [3.8, 4) is 0 Å². The van der Waals surface area contributed by atoms with Gasteiger partial charge in [0.05, 0.1) is 17.9 Å². The molecule has 0 spiro atoms. The Morgan fingerprint density at radius 1 is 1.36 bits per heavy atom. The van der Waals surface area contributed by atoms with Crippen LogP contribution >= 0.6 is 11.3 Å². The van der Waals surface area contributed by atoms with Gasteiger partial charge in [-0.3, -0.25) is 4.79 Å². The summed E-state index contributed by atoms with van der Waals surface area (Å²) in [5, 5.41) is 1.14. The van der Waals surface area contributed by atoms with E-state index in [2.05, 4.69) is 27.9 Å². The van der Waals surface area contributed by atoms with Crippen molar-refractivity contribution in [1.29, 1.82) is 0 Å². The van der Waals surface area contributed by atoms with E-state index in [1.165, 1.54) is 4.88 Å². The molecule has 2 aromatic heterocycles. The minimum absolute atomic E-state index is 0.0298. The summed E-state index contributed by atoms with van der Waals surface area (Å²) in [7, 11) is 0. The molecule has 118 valence electrons. The molecular formula is C16H21N3O2S. The number of fused-ring (bicyclic) bond motifs is 1. The van der Waals surface area contributed by atoms with E-state index in [1.54, 1.807) is 17.7 Å². The molecule has 1 aliphatic heterocycles. The van der Waals surface area contributed by atoms with E-state index in [0.29, 0.717) is 6.61 Å². The van der Waals surface area contributed by atoms with Gasteiger partial charge in [0.2, 0.25) is 0 Å². The third-order valence-corrected chi connectivity index (χ3v) is 5.31. The summed E-state index contributed by atoms with van der Waals surface area (Å²) in [5.74, 6) is 0.976. The first kappa shape index (κ1) is 15.2. The van der Waals surface area contributed by atoms with Gasteiger partial charge in [0, 0.05) is 18.0 Å². The topological polar surface area (TPSA) is 55.3 Å². The van der Waals surface area contributed by atoms with Crippen LogP contribution in [0.1, 0.15) is 31.6 Å². The number of rotatable bonds is 4. The average molecular weight is 319 g/mol. The summed E-state index contributed by atoms with van der Waals surface area (Å²) in [4.78, 5) is 25.4. The maximum Gasteiger partial charge on any atom is 0.309 e. The molecule has 0 radical (unpaired) electrons. The maximum atomic E-state index is 11.8. The molecule has 1 saturated heterocycles. The summed E-state index contributed by atoms with van der Waals surface area (Å²) in [5.41, 5.74) is 0. The van der Waals surface area contributed by atoms with Gasteiger partial charge < -0.3 is 9.64 Å². The third-order valence-electron chi connectivity index (χ3n) is 4.12. The second-order valence-electron chi connectivity index (χ2n) is 5.50. The molecule has 3 rings (SSSR count). The van der Waals surface area contributed by atoms with Crippen molar-refractivity contribution in [2.24, 2.45) is 5.92 Å². The second kappa shape index (κ2) is 6.60. The highest BCUT2D eigenvalue weighted by atomic mass is 32.1. The molecule has 0 atom stereocenters. The number of nitrogens with zero attached hydrogens (tertiary/aromatic N) is 3. The van der Waals surface area contributed by atoms with E-state index in [0.717, 1.165) is 48.4 Å². The lowest BCUT2D eigenvalue weighted by atomic mass is 9.97. The van der Waals surface area contributed by atoms with Gasteiger partial charge in [-0.2, -0.15) is 0 Å². The zero-order chi connectivity index (χ0) is 15.5. The van der Waals surface area contributed by atoms with Crippen LogP contribution in [-0.2, 0) is 16.0 Å². The molecule has 1 fully saturated rings. The summed E-state index contributed by atoms with van der Waals surface area (Å²) in [6.45, 7) is 6.15. The minimum atomic E-state index is -0.0567. The van der Waals surface area contributed by atoms with Crippen LogP contribution < -0.4 is 4.90 Å². The number of aryl methyl sites for hydroxylation is 1. The van der Waals surface area contributed by atoms with E-state index in [1.807, 2.05) is 6.92 Å². The van der Waals surface area contributed by atoms with Crippen LogP contribution in [-0.4, -0.2) is 35.6 Å². The average Bonchev–Trinajstić information content (AvgIpc) is 2.98. The van der Waals surface area contributed by atoms with Crippen LogP contribution in [0.15, 0.2) is 12.4 Å². The van der Waals surface area contributed by atoms with Gasteiger partial charge in [-0.1, -0.05) is 6.92 Å². The number of anilines is 1.